The summed E-state index contributed by atoms with van der Waals surface area (Å²) in [5.74, 6) is 0.264. The Balaban J connectivity index is 1.91. The number of carbonyl (C=O) groups is 1. The number of aryl methyl sites for hydroxylation is 1. The van der Waals surface area contributed by atoms with E-state index in [1.807, 2.05) is 23.8 Å². The van der Waals surface area contributed by atoms with Gasteiger partial charge in [0.25, 0.3) is 0 Å². The van der Waals surface area contributed by atoms with E-state index in [0.29, 0.717) is 11.3 Å². The van der Waals surface area contributed by atoms with E-state index in [-0.39, 0.29) is 23.8 Å². The molecule has 0 aliphatic heterocycles. The van der Waals surface area contributed by atoms with Gasteiger partial charge in [-0.3, -0.25) is 9.36 Å². The number of ketones is 1. The Hall–Kier alpha value is -2.75. The molecule has 0 radical (unpaired) electrons. The lowest BCUT2D eigenvalue weighted by molar-refractivity contribution is 0.0969. The van der Waals surface area contributed by atoms with Crippen molar-refractivity contribution < 1.29 is 17.9 Å². The van der Waals surface area contributed by atoms with E-state index in [1.54, 1.807) is 24.4 Å². The molecule has 0 unspecified atom stereocenters. The van der Waals surface area contributed by atoms with E-state index >= 15 is 0 Å². The van der Waals surface area contributed by atoms with Crippen LogP contribution in [-0.2, 0) is 10.0 Å². The maximum atomic E-state index is 13.1. The molecule has 0 saturated heterocycles. The summed E-state index contributed by atoms with van der Waals surface area (Å²) in [6.45, 7) is 7.09. The van der Waals surface area contributed by atoms with Gasteiger partial charge >= 0.3 is 0 Å². The molecule has 3 aromatic rings. The molecular weight excluding hydrogens is 422 g/mol. The van der Waals surface area contributed by atoms with Crippen LogP contribution in [0.25, 0.3) is 5.13 Å². The minimum Gasteiger partial charge on any atom is -0.497 e. The van der Waals surface area contributed by atoms with E-state index in [1.165, 1.54) is 36.7 Å². The normalized spacial score (nSPS) is 11.6. The second kappa shape index (κ2) is 8.95. The second-order valence-electron chi connectivity index (χ2n) is 6.62. The smallest absolute Gasteiger partial charge is 0.243 e. The van der Waals surface area contributed by atoms with Gasteiger partial charge in [-0.05, 0) is 44.2 Å². The van der Waals surface area contributed by atoms with Gasteiger partial charge in [-0.2, -0.15) is 4.31 Å². The van der Waals surface area contributed by atoms with Gasteiger partial charge in [-0.25, -0.2) is 13.4 Å². The zero-order chi connectivity index (χ0) is 21.9. The van der Waals surface area contributed by atoms with Gasteiger partial charge in [0.2, 0.25) is 10.0 Å². The van der Waals surface area contributed by atoms with Gasteiger partial charge in [0.05, 0.1) is 18.6 Å². The second-order valence-corrected chi connectivity index (χ2v) is 9.43. The molecule has 0 saturated carbocycles. The van der Waals surface area contributed by atoms with Gasteiger partial charge < -0.3 is 4.74 Å². The zero-order valence-corrected chi connectivity index (χ0v) is 18.7. The third kappa shape index (κ3) is 4.23. The summed E-state index contributed by atoms with van der Waals surface area (Å²) < 4.78 is 34.3. The number of Topliss-reactive ketones (excluding diaryl/α,β-unsaturated/α-hetero) is 1. The highest BCUT2D eigenvalue weighted by molar-refractivity contribution is 7.89. The number of aromatic nitrogens is 2. The Kier molecular flexibility index (Phi) is 6.55. The van der Waals surface area contributed by atoms with Crippen molar-refractivity contribution in [3.63, 3.8) is 0 Å². The molecule has 0 atom stereocenters. The quantitative estimate of drug-likeness (QED) is 0.371. The number of methoxy groups -OCH3 is 1. The molecule has 2 aromatic heterocycles. The average molecular weight is 446 g/mol. The van der Waals surface area contributed by atoms with Gasteiger partial charge in [-0.1, -0.05) is 6.08 Å². The SMILES string of the molecule is C=CCN(CC(=O)c1cc(C)n(-c2nccs2)c1C)S(=O)(=O)c1ccc(OC)cc1. The van der Waals surface area contributed by atoms with Crippen LogP contribution in [0.4, 0.5) is 0 Å². The Morgan fingerprint density at radius 2 is 2.00 bits per heavy atom. The predicted octanol–water partition coefficient (Wildman–Crippen LogP) is 3.62. The fourth-order valence-electron chi connectivity index (χ4n) is 3.20. The lowest BCUT2D eigenvalue weighted by Gasteiger charge is -2.20. The van der Waals surface area contributed by atoms with Gasteiger partial charge in [-0.15, -0.1) is 17.9 Å². The largest absolute Gasteiger partial charge is 0.497 e. The highest BCUT2D eigenvalue weighted by Crippen LogP contribution is 2.24. The summed E-state index contributed by atoms with van der Waals surface area (Å²) in [6, 6.07) is 7.84. The van der Waals surface area contributed by atoms with Crippen LogP contribution in [0.3, 0.4) is 0 Å². The Labute approximate surface area is 180 Å². The molecular formula is C21H23N3O4S2. The van der Waals surface area contributed by atoms with E-state index in [4.69, 9.17) is 4.74 Å². The van der Waals surface area contributed by atoms with Crippen LogP contribution >= 0.6 is 11.3 Å². The van der Waals surface area contributed by atoms with E-state index < -0.39 is 10.0 Å². The molecule has 0 spiro atoms. The van der Waals surface area contributed by atoms with Crippen molar-refractivity contribution in [2.24, 2.45) is 0 Å². The third-order valence-corrected chi connectivity index (χ3v) is 7.27. The van der Waals surface area contributed by atoms with Crippen molar-refractivity contribution in [1.29, 1.82) is 0 Å². The van der Waals surface area contributed by atoms with Crippen LogP contribution < -0.4 is 4.74 Å². The van der Waals surface area contributed by atoms with Crippen molar-refractivity contribution in [3.05, 3.63) is 71.5 Å². The first kappa shape index (κ1) is 21.9. The van der Waals surface area contributed by atoms with Crippen molar-refractivity contribution in [1.82, 2.24) is 13.9 Å². The number of benzene rings is 1. The maximum Gasteiger partial charge on any atom is 0.243 e. The number of hydrogen-bond acceptors (Lipinski definition) is 6. The molecule has 158 valence electrons. The van der Waals surface area contributed by atoms with Crippen LogP contribution in [0.2, 0.25) is 0 Å². The van der Waals surface area contributed by atoms with E-state index in [9.17, 15) is 13.2 Å². The van der Waals surface area contributed by atoms with Gasteiger partial charge in [0.15, 0.2) is 10.9 Å². The molecule has 9 heteroatoms. The van der Waals surface area contributed by atoms with Crippen LogP contribution in [-0.4, -0.2) is 48.3 Å². The minimum atomic E-state index is -3.88. The molecule has 1 aromatic carbocycles. The number of hydrogen-bond donors (Lipinski definition) is 0. The first-order chi connectivity index (χ1) is 14.3. The molecule has 0 aliphatic carbocycles. The van der Waals surface area contributed by atoms with Crippen LogP contribution in [0.1, 0.15) is 21.7 Å². The fourth-order valence-corrected chi connectivity index (χ4v) is 5.32. The highest BCUT2D eigenvalue weighted by atomic mass is 32.2. The Bertz CT molecular complexity index is 1150. The fraction of sp³-hybridized carbons (Fsp3) is 0.238. The molecule has 30 heavy (non-hydrogen) atoms. The van der Waals surface area contributed by atoms with Gasteiger partial charge in [0, 0.05) is 35.1 Å². The molecule has 0 amide bonds. The molecule has 3 rings (SSSR count). The van der Waals surface area contributed by atoms with Crippen LogP contribution in [0, 0.1) is 13.8 Å². The predicted molar refractivity (Wildman–Crippen MR) is 117 cm³/mol. The summed E-state index contributed by atoms with van der Waals surface area (Å²) >= 11 is 1.47. The first-order valence-corrected chi connectivity index (χ1v) is 11.5. The average Bonchev–Trinajstić information content (AvgIpc) is 3.35. The standard InChI is InChI=1S/C21H23N3O4S2/c1-5-11-23(30(26,27)18-8-6-17(28-4)7-9-18)14-20(25)19-13-15(2)24(16(19)3)21-22-10-12-29-21/h5-10,12-13H,1,11,14H2,2-4H3. The molecule has 7 nitrogen and oxygen atoms in total. The van der Waals surface area contributed by atoms with E-state index in [0.717, 1.165) is 20.8 Å². The van der Waals surface area contributed by atoms with Crippen molar-refractivity contribution in [2.45, 2.75) is 18.7 Å². The van der Waals surface area contributed by atoms with Crippen LogP contribution in [0.15, 0.2) is 59.5 Å². The minimum absolute atomic E-state index is 0.0192. The maximum absolute atomic E-state index is 13.1. The lowest BCUT2D eigenvalue weighted by Crippen LogP contribution is -2.36. The van der Waals surface area contributed by atoms with Crippen molar-refractivity contribution in [2.75, 3.05) is 20.2 Å². The molecule has 0 aliphatic rings. The number of carbonyl (C=O) groups excluding carboxylic acids is 1. The monoisotopic (exact) mass is 445 g/mol. The van der Waals surface area contributed by atoms with Crippen molar-refractivity contribution in [3.8, 4) is 10.9 Å². The first-order valence-electron chi connectivity index (χ1n) is 9.16. The number of rotatable bonds is 9. The zero-order valence-electron chi connectivity index (χ0n) is 17.0. The lowest BCUT2D eigenvalue weighted by atomic mass is 10.1. The third-order valence-electron chi connectivity index (χ3n) is 4.69. The van der Waals surface area contributed by atoms with Crippen molar-refractivity contribution >= 4 is 27.1 Å². The Morgan fingerprint density at radius 1 is 1.30 bits per heavy atom. The topological polar surface area (TPSA) is 81.5 Å². The number of thiazole rings is 1. The summed E-state index contributed by atoms with van der Waals surface area (Å²) in [7, 11) is -2.37. The summed E-state index contributed by atoms with van der Waals surface area (Å²) in [5, 5.41) is 2.63. The number of nitrogens with zero attached hydrogens (tertiary/aromatic N) is 3. The van der Waals surface area contributed by atoms with Gasteiger partial charge in [0.1, 0.15) is 5.75 Å². The Morgan fingerprint density at radius 3 is 2.57 bits per heavy atom. The summed E-state index contributed by atoms with van der Waals surface area (Å²) in [4.78, 5) is 17.5. The van der Waals surface area contributed by atoms with E-state index in [2.05, 4.69) is 11.6 Å². The summed E-state index contributed by atoms with van der Waals surface area (Å²) in [5.41, 5.74) is 2.06. The number of sulfonamides is 1. The summed E-state index contributed by atoms with van der Waals surface area (Å²) in [6.07, 6.45) is 3.17. The molecule has 0 N–H and O–H groups in total. The number of ether oxygens (including phenoxy) is 1. The molecule has 0 bridgehead atoms. The highest BCUT2D eigenvalue weighted by Gasteiger charge is 2.28. The molecule has 2 heterocycles. The van der Waals surface area contributed by atoms with Crippen LogP contribution in [0.5, 0.6) is 5.75 Å². The molecule has 0 fully saturated rings.